The molecule has 0 aromatic rings. The average Bonchev–Trinajstić information content (AvgIpc) is 3.20. The fourth-order valence-corrected chi connectivity index (χ4v) is 6.81. The standard InChI is InChI=1S/C51H89N2O6P/c1-6-8-10-12-13-14-15-16-17-18-19-20-21-22-23-24-25-26-27-28-29-30-31-32-33-34-35-36-37-38-39-41-43-45-51(55)52-49(50(54)44-42-40-11-9-7-2)48-59-60(56,57)58-47-46-53(3,4)5/h8,10,13-14,16-17,19-20,22-23,25-26,28-29,42,44,49-50,54H,6-7,9,11-12,15,18,21,24,27,30-41,43,45-48H2,1-5H3,(H-,52,55,56,57)/p+1/b10-8-,14-13-,17-16-,20-19-,23-22-,26-25-,29-28-,44-42+. The summed E-state index contributed by atoms with van der Waals surface area (Å²) in [6.45, 7) is 4.56. The molecular formula is C51H90N2O6P+. The van der Waals surface area contributed by atoms with Gasteiger partial charge in [0.15, 0.2) is 0 Å². The predicted octanol–water partition coefficient (Wildman–Crippen LogP) is 13.5. The van der Waals surface area contributed by atoms with Crippen LogP contribution < -0.4 is 5.32 Å². The van der Waals surface area contributed by atoms with E-state index < -0.39 is 20.0 Å². The third-order valence-corrected chi connectivity index (χ3v) is 10.8. The third kappa shape index (κ3) is 43.5. The molecule has 0 fully saturated rings. The van der Waals surface area contributed by atoms with Crippen molar-refractivity contribution in [2.75, 3.05) is 40.9 Å². The second-order valence-corrected chi connectivity index (χ2v) is 18.2. The van der Waals surface area contributed by atoms with E-state index in [2.05, 4.69) is 104 Å². The van der Waals surface area contributed by atoms with E-state index in [4.69, 9.17) is 9.05 Å². The van der Waals surface area contributed by atoms with Crippen LogP contribution in [0.4, 0.5) is 0 Å². The van der Waals surface area contributed by atoms with Crippen LogP contribution in [0.3, 0.4) is 0 Å². The fraction of sp³-hybridized carbons (Fsp3) is 0.667. The molecule has 0 aromatic heterocycles. The number of carbonyl (C=O) groups excluding carboxylic acids is 1. The zero-order valence-corrected chi connectivity index (χ0v) is 39.8. The molecule has 0 spiro atoms. The zero-order valence-electron chi connectivity index (χ0n) is 38.9. The number of aliphatic hydroxyl groups excluding tert-OH is 1. The van der Waals surface area contributed by atoms with Crippen molar-refractivity contribution in [2.45, 2.75) is 180 Å². The van der Waals surface area contributed by atoms with E-state index in [1.165, 1.54) is 57.8 Å². The second kappa shape index (κ2) is 41.8. The molecule has 0 saturated heterocycles. The summed E-state index contributed by atoms with van der Waals surface area (Å²) in [6, 6.07) is -0.849. The van der Waals surface area contributed by atoms with Crippen molar-refractivity contribution in [3.8, 4) is 0 Å². The first-order valence-corrected chi connectivity index (χ1v) is 25.1. The van der Waals surface area contributed by atoms with E-state index in [-0.39, 0.29) is 19.1 Å². The highest BCUT2D eigenvalue weighted by atomic mass is 31.2. The van der Waals surface area contributed by atoms with Crippen LogP contribution in [0.5, 0.6) is 0 Å². The van der Waals surface area contributed by atoms with Gasteiger partial charge in [-0.3, -0.25) is 13.8 Å². The van der Waals surface area contributed by atoms with Crippen molar-refractivity contribution in [3.63, 3.8) is 0 Å². The van der Waals surface area contributed by atoms with Gasteiger partial charge in [-0.15, -0.1) is 0 Å². The van der Waals surface area contributed by atoms with E-state index in [1.54, 1.807) is 6.08 Å². The summed E-state index contributed by atoms with van der Waals surface area (Å²) in [7, 11) is 1.55. The summed E-state index contributed by atoms with van der Waals surface area (Å²) in [5.41, 5.74) is 0. The first-order valence-electron chi connectivity index (χ1n) is 23.6. The first kappa shape index (κ1) is 57.4. The Kier molecular flexibility index (Phi) is 40.0. The van der Waals surface area contributed by atoms with Crippen LogP contribution in [0.2, 0.25) is 0 Å². The number of hydrogen-bond acceptors (Lipinski definition) is 5. The summed E-state index contributed by atoms with van der Waals surface area (Å²) < 4.78 is 23.4. The van der Waals surface area contributed by atoms with Crippen molar-refractivity contribution in [3.05, 3.63) is 97.2 Å². The number of carbonyl (C=O) groups is 1. The van der Waals surface area contributed by atoms with Crippen molar-refractivity contribution in [1.29, 1.82) is 0 Å². The maximum absolute atomic E-state index is 12.8. The quantitative estimate of drug-likeness (QED) is 0.0245. The monoisotopic (exact) mass is 858 g/mol. The van der Waals surface area contributed by atoms with E-state index in [9.17, 15) is 19.4 Å². The number of rotatable bonds is 41. The minimum absolute atomic E-state index is 0.0555. The van der Waals surface area contributed by atoms with Crippen LogP contribution in [0.25, 0.3) is 0 Å². The molecule has 0 rings (SSSR count). The molecule has 3 unspecified atom stereocenters. The van der Waals surface area contributed by atoms with Crippen molar-refractivity contribution < 1.29 is 32.9 Å². The van der Waals surface area contributed by atoms with Crippen LogP contribution in [-0.4, -0.2) is 73.4 Å². The van der Waals surface area contributed by atoms with E-state index >= 15 is 0 Å². The molecule has 0 aliphatic rings. The molecule has 0 heterocycles. The number of nitrogens with zero attached hydrogens (tertiary/aromatic N) is 1. The number of nitrogens with one attached hydrogen (secondary N) is 1. The van der Waals surface area contributed by atoms with Gasteiger partial charge >= 0.3 is 7.82 Å². The Labute approximate surface area is 369 Å². The summed E-state index contributed by atoms with van der Waals surface area (Å²) in [4.78, 5) is 22.9. The average molecular weight is 858 g/mol. The zero-order chi connectivity index (χ0) is 44.3. The number of quaternary nitrogens is 1. The van der Waals surface area contributed by atoms with E-state index in [0.717, 1.165) is 89.9 Å². The molecule has 0 radical (unpaired) electrons. The van der Waals surface area contributed by atoms with Gasteiger partial charge in [0, 0.05) is 6.42 Å². The SMILES string of the molecule is CC/C=C\C/C=C\C/C=C\C/C=C\C/C=C\C/C=C\C/C=C\CCCCCCCCCCCCCC(=O)NC(COP(=O)(O)OCC[N+](C)(C)C)C(O)/C=C/CCCCC. The predicted molar refractivity (Wildman–Crippen MR) is 258 cm³/mol. The van der Waals surface area contributed by atoms with Crippen molar-refractivity contribution in [2.24, 2.45) is 0 Å². The molecule has 1 amide bonds. The number of phosphoric ester groups is 1. The summed E-state index contributed by atoms with van der Waals surface area (Å²) in [6.07, 6.45) is 59.7. The van der Waals surface area contributed by atoms with Crippen molar-refractivity contribution in [1.82, 2.24) is 5.32 Å². The van der Waals surface area contributed by atoms with Crippen LogP contribution in [0.15, 0.2) is 97.2 Å². The lowest BCUT2D eigenvalue weighted by atomic mass is 10.0. The maximum atomic E-state index is 12.8. The smallest absolute Gasteiger partial charge is 0.387 e. The largest absolute Gasteiger partial charge is 0.472 e. The summed E-state index contributed by atoms with van der Waals surface area (Å²) in [5.74, 6) is -0.193. The Morgan fingerprint density at radius 3 is 1.47 bits per heavy atom. The molecule has 0 bridgehead atoms. The van der Waals surface area contributed by atoms with Gasteiger partial charge in [-0.05, 0) is 77.0 Å². The molecule has 3 atom stereocenters. The second-order valence-electron chi connectivity index (χ2n) is 16.8. The lowest BCUT2D eigenvalue weighted by Crippen LogP contribution is -2.45. The van der Waals surface area contributed by atoms with Gasteiger partial charge in [-0.2, -0.15) is 0 Å². The Bertz CT molecular complexity index is 1290. The molecule has 8 nitrogen and oxygen atoms in total. The van der Waals surface area contributed by atoms with Crippen molar-refractivity contribution >= 4 is 13.7 Å². The van der Waals surface area contributed by atoms with Crippen LogP contribution in [0.1, 0.15) is 168 Å². The fourth-order valence-electron chi connectivity index (χ4n) is 6.08. The van der Waals surface area contributed by atoms with Gasteiger partial charge in [0.2, 0.25) is 5.91 Å². The number of unbranched alkanes of at least 4 members (excludes halogenated alkanes) is 14. The Morgan fingerprint density at radius 1 is 0.583 bits per heavy atom. The van der Waals surface area contributed by atoms with E-state index in [1.807, 2.05) is 27.2 Å². The number of hydrogen-bond donors (Lipinski definition) is 3. The van der Waals surface area contributed by atoms with E-state index in [0.29, 0.717) is 17.4 Å². The van der Waals surface area contributed by atoms with Gasteiger partial charge in [-0.1, -0.05) is 182 Å². The summed E-state index contributed by atoms with van der Waals surface area (Å²) in [5, 5.41) is 13.6. The summed E-state index contributed by atoms with van der Waals surface area (Å²) >= 11 is 0. The van der Waals surface area contributed by atoms with Gasteiger partial charge in [-0.25, -0.2) is 4.57 Å². The van der Waals surface area contributed by atoms with Crippen LogP contribution in [-0.2, 0) is 18.4 Å². The lowest BCUT2D eigenvalue weighted by Gasteiger charge is -2.25. The Morgan fingerprint density at radius 2 is 1.00 bits per heavy atom. The Hall–Kier alpha value is -2.58. The highest BCUT2D eigenvalue weighted by molar-refractivity contribution is 7.47. The Balaban J connectivity index is 3.97. The number of aliphatic hydroxyl groups is 1. The highest BCUT2D eigenvalue weighted by Gasteiger charge is 2.27. The number of amides is 1. The van der Waals surface area contributed by atoms with Gasteiger partial charge in [0.05, 0.1) is 39.9 Å². The normalized spacial score (nSPS) is 15.1. The molecule has 3 N–H and O–H groups in total. The molecule has 0 aliphatic heterocycles. The first-order chi connectivity index (χ1) is 29.0. The van der Waals surface area contributed by atoms with Crippen LogP contribution in [0, 0.1) is 0 Å². The van der Waals surface area contributed by atoms with Gasteiger partial charge < -0.3 is 19.8 Å². The minimum Gasteiger partial charge on any atom is -0.387 e. The molecule has 0 aromatic carbocycles. The lowest BCUT2D eigenvalue weighted by molar-refractivity contribution is -0.870. The number of likely N-dealkylation sites (N-methyl/N-ethyl adjacent to an activating group) is 1. The number of allylic oxidation sites excluding steroid dienone is 15. The van der Waals surface area contributed by atoms with Gasteiger partial charge in [0.1, 0.15) is 13.2 Å². The topological polar surface area (TPSA) is 105 Å². The number of phosphoric acid groups is 1. The maximum Gasteiger partial charge on any atom is 0.472 e. The molecule has 9 heteroatoms. The molecule has 344 valence electrons. The third-order valence-electron chi connectivity index (χ3n) is 9.81. The molecular weight excluding hydrogens is 768 g/mol. The molecule has 0 aliphatic carbocycles. The van der Waals surface area contributed by atoms with Crippen LogP contribution >= 0.6 is 7.82 Å². The molecule has 0 saturated carbocycles. The molecule has 60 heavy (non-hydrogen) atoms. The van der Waals surface area contributed by atoms with Gasteiger partial charge in [0.25, 0.3) is 0 Å². The minimum atomic E-state index is -4.33. The highest BCUT2D eigenvalue weighted by Crippen LogP contribution is 2.43.